The van der Waals surface area contributed by atoms with Crippen LogP contribution in [0.5, 0.6) is 11.5 Å². The number of aryl methyl sites for hydroxylation is 1. The van der Waals surface area contributed by atoms with E-state index in [0.29, 0.717) is 23.3 Å². The molecular weight excluding hydrogens is 366 g/mol. The number of hydrogen-bond donors (Lipinski definition) is 2. The number of fused-ring (bicyclic) bond motifs is 1. The van der Waals surface area contributed by atoms with Gasteiger partial charge in [-0.15, -0.1) is 0 Å². The van der Waals surface area contributed by atoms with Gasteiger partial charge in [0.1, 0.15) is 11.5 Å². The molecule has 2 N–H and O–H groups in total. The molecule has 4 aliphatic rings. The van der Waals surface area contributed by atoms with Gasteiger partial charge in [0, 0.05) is 5.69 Å². The highest BCUT2D eigenvalue weighted by atomic mass is 16.5. The summed E-state index contributed by atoms with van der Waals surface area (Å²) in [6.45, 7) is 2.01. The minimum atomic E-state index is -0.864. The lowest BCUT2D eigenvalue weighted by Crippen LogP contribution is -2.48. The zero-order valence-corrected chi connectivity index (χ0v) is 16.1. The van der Waals surface area contributed by atoms with Gasteiger partial charge in [-0.25, -0.2) is 0 Å². The van der Waals surface area contributed by atoms with Gasteiger partial charge in [-0.05, 0) is 79.0 Å². The quantitative estimate of drug-likeness (QED) is 0.739. The summed E-state index contributed by atoms with van der Waals surface area (Å²) >= 11 is 0. The maximum atomic E-state index is 13.0. The molecule has 2 aromatic rings. The topological polar surface area (TPSA) is 75.6 Å². The fourth-order valence-electron chi connectivity index (χ4n) is 5.22. The molecule has 2 fully saturated rings. The van der Waals surface area contributed by atoms with Crippen molar-refractivity contribution in [1.82, 2.24) is 0 Å². The molecule has 148 valence electrons. The van der Waals surface area contributed by atoms with Gasteiger partial charge in [-0.3, -0.25) is 9.59 Å². The fourth-order valence-corrected chi connectivity index (χ4v) is 5.22. The van der Waals surface area contributed by atoms with Gasteiger partial charge in [0.15, 0.2) is 0 Å². The first kappa shape index (κ1) is 18.0. The summed E-state index contributed by atoms with van der Waals surface area (Å²) in [6, 6.07) is 15.0. The molecule has 0 saturated heterocycles. The highest BCUT2D eigenvalue weighted by molar-refractivity contribution is 5.96. The summed E-state index contributed by atoms with van der Waals surface area (Å²) in [5, 5.41) is 12.7. The third kappa shape index (κ3) is 3.20. The first-order valence-electron chi connectivity index (χ1n) is 10.1. The maximum Gasteiger partial charge on any atom is 0.307 e. The van der Waals surface area contributed by atoms with Crippen molar-refractivity contribution in [1.29, 1.82) is 0 Å². The number of carbonyl (C=O) groups is 2. The second kappa shape index (κ2) is 6.76. The van der Waals surface area contributed by atoms with Gasteiger partial charge in [-0.2, -0.15) is 0 Å². The van der Waals surface area contributed by atoms with Crippen LogP contribution in [0.1, 0.15) is 12.0 Å². The average molecular weight is 389 g/mol. The lowest BCUT2D eigenvalue weighted by atomic mass is 9.62. The first-order chi connectivity index (χ1) is 14.0. The van der Waals surface area contributed by atoms with E-state index in [1.165, 1.54) is 0 Å². The Kier molecular flexibility index (Phi) is 4.19. The van der Waals surface area contributed by atoms with Crippen molar-refractivity contribution in [3.63, 3.8) is 0 Å². The van der Waals surface area contributed by atoms with Crippen molar-refractivity contribution in [3.8, 4) is 11.5 Å². The fraction of sp³-hybridized carbons (Fsp3) is 0.333. The molecule has 4 aliphatic carbocycles. The van der Waals surface area contributed by atoms with Crippen LogP contribution in [0.2, 0.25) is 0 Å². The van der Waals surface area contributed by atoms with E-state index in [1.54, 1.807) is 24.3 Å². The van der Waals surface area contributed by atoms with Crippen molar-refractivity contribution >= 4 is 17.6 Å². The number of benzene rings is 2. The highest BCUT2D eigenvalue weighted by Crippen LogP contribution is 2.63. The minimum absolute atomic E-state index is 0.0108. The Labute approximate surface area is 169 Å². The summed E-state index contributed by atoms with van der Waals surface area (Å²) in [4.78, 5) is 24.9. The predicted molar refractivity (Wildman–Crippen MR) is 109 cm³/mol. The number of carboxylic acids is 1. The molecule has 6 atom stereocenters. The molecule has 1 amide bonds. The normalized spacial score (nSPS) is 31.1. The Morgan fingerprint density at radius 1 is 0.966 bits per heavy atom. The van der Waals surface area contributed by atoms with Crippen LogP contribution >= 0.6 is 0 Å². The number of aliphatic carboxylic acids is 1. The number of anilines is 1. The number of nitrogens with one attached hydrogen (secondary N) is 1. The Bertz CT molecular complexity index is 996. The van der Waals surface area contributed by atoms with Gasteiger partial charge >= 0.3 is 5.97 Å². The van der Waals surface area contributed by atoms with E-state index in [0.717, 1.165) is 17.7 Å². The van der Waals surface area contributed by atoms with Gasteiger partial charge in [-0.1, -0.05) is 24.3 Å². The first-order valence-corrected chi connectivity index (χ1v) is 10.1. The van der Waals surface area contributed by atoms with E-state index < -0.39 is 17.8 Å². The Morgan fingerprint density at radius 3 is 2.31 bits per heavy atom. The third-order valence-electron chi connectivity index (χ3n) is 6.59. The van der Waals surface area contributed by atoms with Crippen molar-refractivity contribution in [3.05, 3.63) is 66.2 Å². The molecule has 0 unspecified atom stereocenters. The van der Waals surface area contributed by atoms with Crippen LogP contribution < -0.4 is 10.1 Å². The van der Waals surface area contributed by atoms with Crippen LogP contribution in [-0.4, -0.2) is 17.0 Å². The molecule has 6 rings (SSSR count). The molecule has 0 aromatic heterocycles. The second-order valence-electron chi connectivity index (χ2n) is 8.43. The molecule has 0 heterocycles. The van der Waals surface area contributed by atoms with Crippen molar-refractivity contribution < 1.29 is 19.4 Å². The lowest BCUT2D eigenvalue weighted by molar-refractivity contribution is -0.152. The molecule has 0 aliphatic heterocycles. The van der Waals surface area contributed by atoms with E-state index in [9.17, 15) is 14.7 Å². The number of carbonyl (C=O) groups excluding carboxylic acids is 1. The van der Waals surface area contributed by atoms with Crippen molar-refractivity contribution in [2.75, 3.05) is 5.32 Å². The van der Waals surface area contributed by atoms with Gasteiger partial charge < -0.3 is 15.2 Å². The summed E-state index contributed by atoms with van der Waals surface area (Å²) < 4.78 is 5.84. The highest BCUT2D eigenvalue weighted by Gasteiger charge is 2.62. The third-order valence-corrected chi connectivity index (χ3v) is 6.59. The number of hydrogen-bond acceptors (Lipinski definition) is 3. The number of allylic oxidation sites excluding steroid dienone is 2. The van der Waals surface area contributed by atoms with E-state index in [4.69, 9.17) is 4.74 Å². The van der Waals surface area contributed by atoms with Crippen LogP contribution in [-0.2, 0) is 9.59 Å². The van der Waals surface area contributed by atoms with Gasteiger partial charge in [0.05, 0.1) is 11.8 Å². The smallest absolute Gasteiger partial charge is 0.307 e. The molecule has 0 spiro atoms. The maximum absolute atomic E-state index is 13.0. The Hall–Kier alpha value is -3.08. The molecule has 2 bridgehead atoms. The van der Waals surface area contributed by atoms with Crippen LogP contribution in [0.3, 0.4) is 0 Å². The number of amides is 1. The summed E-state index contributed by atoms with van der Waals surface area (Å²) in [6.07, 6.45) is 5.14. The van der Waals surface area contributed by atoms with Gasteiger partial charge in [0.25, 0.3) is 0 Å². The summed E-state index contributed by atoms with van der Waals surface area (Å²) in [7, 11) is 0. The predicted octanol–water partition coefficient (Wildman–Crippen LogP) is 4.49. The molecule has 5 heteroatoms. The SMILES string of the molecule is Cc1cccc(Oc2ccc(NC(=O)[C@@H]3[C@H]4C=C[C@@H]([C@@H]5C[C@@H]45)[C@H]3C(=O)O)cc2)c1. The van der Waals surface area contributed by atoms with Crippen molar-refractivity contribution in [2.45, 2.75) is 13.3 Å². The molecule has 29 heavy (non-hydrogen) atoms. The van der Waals surface area contributed by atoms with Crippen LogP contribution in [0.15, 0.2) is 60.7 Å². The molecule has 2 saturated carbocycles. The summed E-state index contributed by atoms with van der Waals surface area (Å²) in [5.74, 6) is 0.193. The molecule has 2 aromatic carbocycles. The van der Waals surface area contributed by atoms with Crippen LogP contribution in [0.4, 0.5) is 5.69 Å². The van der Waals surface area contributed by atoms with Crippen LogP contribution in [0, 0.1) is 42.4 Å². The summed E-state index contributed by atoms with van der Waals surface area (Å²) in [5.41, 5.74) is 1.77. The van der Waals surface area contributed by atoms with E-state index in [2.05, 4.69) is 11.4 Å². The van der Waals surface area contributed by atoms with Crippen LogP contribution in [0.25, 0.3) is 0 Å². The van der Waals surface area contributed by atoms with E-state index >= 15 is 0 Å². The largest absolute Gasteiger partial charge is 0.481 e. The number of carboxylic acid groups (broad SMARTS) is 1. The molecule has 0 radical (unpaired) electrons. The lowest BCUT2D eigenvalue weighted by Gasteiger charge is -2.41. The van der Waals surface area contributed by atoms with Crippen molar-refractivity contribution in [2.24, 2.45) is 35.5 Å². The monoisotopic (exact) mass is 389 g/mol. The van der Waals surface area contributed by atoms with E-state index in [-0.39, 0.29) is 17.7 Å². The zero-order chi connectivity index (χ0) is 20.1. The number of ether oxygens (including phenoxy) is 1. The van der Waals surface area contributed by atoms with E-state index in [1.807, 2.05) is 37.3 Å². The molecule has 5 nitrogen and oxygen atoms in total. The minimum Gasteiger partial charge on any atom is -0.481 e. The van der Waals surface area contributed by atoms with Gasteiger partial charge in [0.2, 0.25) is 5.91 Å². The Morgan fingerprint density at radius 2 is 1.66 bits per heavy atom. The standard InChI is InChI=1S/C24H23NO4/c1-13-3-2-4-16(11-13)29-15-7-5-14(6-8-15)25-23(26)21-17-9-10-18(20-12-19(17)20)22(21)24(27)28/h2-11,17-22H,12H2,1H3,(H,25,26)(H,27,28)/t17-,18-,19-,20-,21+,22+/m0/s1. The molecular formula is C24H23NO4. The zero-order valence-electron chi connectivity index (χ0n) is 16.1. The number of rotatable bonds is 5. The Balaban J connectivity index is 1.29. The second-order valence-corrected chi connectivity index (χ2v) is 8.43. The average Bonchev–Trinajstić information content (AvgIpc) is 3.51.